The number of halogens is 1. The zero-order chi connectivity index (χ0) is 22.7. The first-order chi connectivity index (χ1) is 15.4. The maximum absolute atomic E-state index is 12.3. The molecule has 4 rings (SSSR count). The molecule has 0 saturated heterocycles. The number of nitrogens with zero attached hydrogens (tertiary/aromatic N) is 2. The molecule has 0 aliphatic carbocycles. The number of nitro benzene ring substituents is 1. The van der Waals surface area contributed by atoms with Crippen molar-refractivity contribution in [2.75, 3.05) is 0 Å². The van der Waals surface area contributed by atoms with Gasteiger partial charge in [-0.3, -0.25) is 10.1 Å². The van der Waals surface area contributed by atoms with Gasteiger partial charge >= 0.3 is 11.6 Å². The second-order valence-corrected chi connectivity index (χ2v) is 6.98. The van der Waals surface area contributed by atoms with Crippen LogP contribution in [0.25, 0.3) is 22.7 Å². The van der Waals surface area contributed by atoms with Crippen LogP contribution in [-0.4, -0.2) is 15.9 Å². The first kappa shape index (κ1) is 21.0. The van der Waals surface area contributed by atoms with Crippen LogP contribution in [0.2, 0.25) is 5.02 Å². The predicted octanol–water partition coefficient (Wildman–Crippen LogP) is 5.15. The summed E-state index contributed by atoms with van der Waals surface area (Å²) in [6.07, 6.45) is 0. The van der Waals surface area contributed by atoms with Crippen molar-refractivity contribution in [1.29, 1.82) is 0 Å². The maximum atomic E-state index is 12.3. The van der Waals surface area contributed by atoms with Gasteiger partial charge in [-0.2, -0.15) is 0 Å². The molecule has 0 saturated carbocycles. The maximum Gasteiger partial charge on any atom is 0.343 e. The normalized spacial score (nSPS) is 10.5. The molecule has 32 heavy (non-hydrogen) atoms. The Labute approximate surface area is 185 Å². The van der Waals surface area contributed by atoms with Crippen LogP contribution in [0.3, 0.4) is 0 Å². The van der Waals surface area contributed by atoms with E-state index in [-0.39, 0.29) is 22.9 Å². The number of carbonyl (C=O) groups excluding carboxylic acids is 1. The van der Waals surface area contributed by atoms with E-state index in [4.69, 9.17) is 20.8 Å². The third-order valence-electron chi connectivity index (χ3n) is 4.43. The van der Waals surface area contributed by atoms with E-state index in [1.807, 2.05) is 0 Å². The zero-order valence-electron chi connectivity index (χ0n) is 16.2. The first-order valence-electron chi connectivity index (χ1n) is 9.25. The Morgan fingerprint density at radius 1 is 1.00 bits per heavy atom. The third-order valence-corrected chi connectivity index (χ3v) is 4.76. The Bertz CT molecular complexity index is 1380. The van der Waals surface area contributed by atoms with Gasteiger partial charge < -0.3 is 9.15 Å². The van der Waals surface area contributed by atoms with E-state index in [0.29, 0.717) is 21.8 Å². The van der Waals surface area contributed by atoms with Gasteiger partial charge in [0.1, 0.15) is 5.75 Å². The Hall–Kier alpha value is -4.30. The fourth-order valence-electron chi connectivity index (χ4n) is 2.90. The number of nitro groups is 1. The molecule has 0 aliphatic rings. The fraction of sp³-hybridized carbons (Fsp3) is 0. The van der Waals surface area contributed by atoms with E-state index < -0.39 is 16.5 Å². The molecule has 0 unspecified atom stereocenters. The molecule has 3 aromatic carbocycles. The van der Waals surface area contributed by atoms with Crippen molar-refractivity contribution < 1.29 is 18.9 Å². The SMILES string of the molecule is O=C(Oc1ccc(-c2cc(=O)oc(-c3ccccc3Cl)n2)cc1)c1cccc([N+](=O)[O-])c1. The second-order valence-electron chi connectivity index (χ2n) is 6.57. The first-order valence-corrected chi connectivity index (χ1v) is 9.63. The lowest BCUT2D eigenvalue weighted by molar-refractivity contribution is -0.384. The van der Waals surface area contributed by atoms with Gasteiger partial charge in [0.2, 0.25) is 5.89 Å². The largest absolute Gasteiger partial charge is 0.423 e. The highest BCUT2D eigenvalue weighted by atomic mass is 35.5. The van der Waals surface area contributed by atoms with Crippen LogP contribution in [-0.2, 0) is 0 Å². The minimum atomic E-state index is -0.735. The van der Waals surface area contributed by atoms with Gasteiger partial charge in [-0.05, 0) is 42.5 Å². The van der Waals surface area contributed by atoms with E-state index in [0.717, 1.165) is 6.07 Å². The number of ether oxygens (including phenoxy) is 1. The molecule has 0 N–H and O–H groups in total. The number of non-ortho nitro benzene ring substituents is 1. The number of esters is 1. The molecule has 8 nitrogen and oxygen atoms in total. The van der Waals surface area contributed by atoms with E-state index in [1.165, 1.54) is 36.4 Å². The van der Waals surface area contributed by atoms with Crippen molar-refractivity contribution in [2.24, 2.45) is 0 Å². The van der Waals surface area contributed by atoms with Crippen molar-refractivity contribution in [2.45, 2.75) is 0 Å². The topological polar surface area (TPSA) is 113 Å². The Morgan fingerprint density at radius 2 is 1.75 bits per heavy atom. The van der Waals surface area contributed by atoms with Crippen LogP contribution in [0, 0.1) is 10.1 Å². The lowest BCUT2D eigenvalue weighted by atomic mass is 10.1. The van der Waals surface area contributed by atoms with Gasteiger partial charge in [-0.15, -0.1) is 0 Å². The monoisotopic (exact) mass is 448 g/mol. The molecule has 0 fully saturated rings. The number of hydrogen-bond acceptors (Lipinski definition) is 7. The van der Waals surface area contributed by atoms with Gasteiger partial charge in [0.05, 0.1) is 32.8 Å². The van der Waals surface area contributed by atoms with E-state index in [1.54, 1.807) is 36.4 Å². The van der Waals surface area contributed by atoms with Crippen molar-refractivity contribution in [3.63, 3.8) is 0 Å². The Morgan fingerprint density at radius 3 is 2.47 bits per heavy atom. The molecule has 0 aliphatic heterocycles. The van der Waals surface area contributed by atoms with Crippen LogP contribution in [0.15, 0.2) is 88.1 Å². The van der Waals surface area contributed by atoms with Crippen LogP contribution in [0.5, 0.6) is 5.75 Å². The highest BCUT2D eigenvalue weighted by Crippen LogP contribution is 2.28. The summed E-state index contributed by atoms with van der Waals surface area (Å²) < 4.78 is 10.5. The van der Waals surface area contributed by atoms with E-state index in [2.05, 4.69) is 4.98 Å². The minimum absolute atomic E-state index is 0.0509. The number of benzene rings is 3. The molecule has 9 heteroatoms. The highest BCUT2D eigenvalue weighted by Gasteiger charge is 2.14. The van der Waals surface area contributed by atoms with Crippen LogP contribution < -0.4 is 10.4 Å². The number of carbonyl (C=O) groups is 1. The molecule has 0 bridgehead atoms. The predicted molar refractivity (Wildman–Crippen MR) is 117 cm³/mol. The molecular formula is C23H13ClN2O6. The van der Waals surface area contributed by atoms with Crippen molar-refractivity contribution >= 4 is 23.3 Å². The summed E-state index contributed by atoms with van der Waals surface area (Å²) >= 11 is 6.17. The fourth-order valence-corrected chi connectivity index (χ4v) is 3.12. The molecule has 0 atom stereocenters. The van der Waals surface area contributed by atoms with Gasteiger partial charge in [0.15, 0.2) is 0 Å². The number of rotatable bonds is 5. The lowest BCUT2D eigenvalue weighted by Crippen LogP contribution is -2.08. The molecular weight excluding hydrogens is 436 g/mol. The average molecular weight is 449 g/mol. The van der Waals surface area contributed by atoms with Crippen molar-refractivity contribution in [3.8, 4) is 28.5 Å². The summed E-state index contributed by atoms with van der Waals surface area (Å²) in [5.41, 5.74) is 0.670. The van der Waals surface area contributed by atoms with E-state index >= 15 is 0 Å². The molecule has 0 spiro atoms. The molecule has 0 radical (unpaired) electrons. The summed E-state index contributed by atoms with van der Waals surface area (Å²) in [6, 6.07) is 19.6. The molecule has 1 aromatic heterocycles. The Kier molecular flexibility index (Phi) is 5.78. The van der Waals surface area contributed by atoms with Crippen molar-refractivity contribution in [3.05, 3.63) is 110 Å². The molecule has 1 heterocycles. The van der Waals surface area contributed by atoms with Crippen molar-refractivity contribution in [1.82, 2.24) is 4.98 Å². The summed E-state index contributed by atoms with van der Waals surface area (Å²) in [5, 5.41) is 11.3. The summed E-state index contributed by atoms with van der Waals surface area (Å²) in [4.78, 5) is 39.0. The van der Waals surface area contributed by atoms with Gasteiger partial charge in [0.25, 0.3) is 5.69 Å². The third kappa shape index (κ3) is 4.55. The quantitative estimate of drug-likeness (QED) is 0.179. The minimum Gasteiger partial charge on any atom is -0.423 e. The molecule has 158 valence electrons. The lowest BCUT2D eigenvalue weighted by Gasteiger charge is -2.07. The average Bonchev–Trinajstić information content (AvgIpc) is 2.79. The summed E-state index contributed by atoms with van der Waals surface area (Å²) in [6.45, 7) is 0. The molecule has 0 amide bonds. The molecule has 4 aromatic rings. The van der Waals surface area contributed by atoms with Crippen LogP contribution in [0.1, 0.15) is 10.4 Å². The van der Waals surface area contributed by atoms with Crippen LogP contribution in [0.4, 0.5) is 5.69 Å². The Balaban J connectivity index is 1.57. The van der Waals surface area contributed by atoms with E-state index in [9.17, 15) is 19.7 Å². The highest BCUT2D eigenvalue weighted by molar-refractivity contribution is 6.33. The number of hydrogen-bond donors (Lipinski definition) is 0. The smallest absolute Gasteiger partial charge is 0.343 e. The van der Waals surface area contributed by atoms with Crippen LogP contribution >= 0.6 is 11.6 Å². The standard InChI is InChI=1S/C23H13ClN2O6/c24-19-7-2-1-6-18(19)22-25-20(13-21(27)32-22)14-8-10-17(11-9-14)31-23(28)15-4-3-5-16(12-15)26(29)30/h1-13H. The summed E-state index contributed by atoms with van der Waals surface area (Å²) in [7, 11) is 0. The number of aromatic nitrogens is 1. The van der Waals surface area contributed by atoms with Gasteiger partial charge in [-0.1, -0.05) is 29.8 Å². The summed E-state index contributed by atoms with van der Waals surface area (Å²) in [5.74, 6) is -0.431. The zero-order valence-corrected chi connectivity index (χ0v) is 17.0. The van der Waals surface area contributed by atoms with Gasteiger partial charge in [-0.25, -0.2) is 14.6 Å². The van der Waals surface area contributed by atoms with Gasteiger partial charge in [0, 0.05) is 17.7 Å². The second kappa shape index (κ2) is 8.83.